The fraction of sp³-hybridized carbons (Fsp3) is 0.133. The van der Waals surface area contributed by atoms with Crippen molar-refractivity contribution in [1.29, 1.82) is 0 Å². The number of benzene rings is 2. The summed E-state index contributed by atoms with van der Waals surface area (Å²) in [6.45, 7) is 1.74. The molecule has 1 unspecified atom stereocenters. The summed E-state index contributed by atoms with van der Waals surface area (Å²) in [5, 5.41) is 12.5. The molecule has 0 saturated carbocycles. The molecule has 0 saturated heterocycles. The highest BCUT2D eigenvalue weighted by Gasteiger charge is 2.18. The Kier molecular flexibility index (Phi) is 3.08. The van der Waals surface area contributed by atoms with Crippen LogP contribution in [0.3, 0.4) is 0 Å². The molecule has 3 aromatic rings. The molecule has 0 radical (unpaired) electrons. The van der Waals surface area contributed by atoms with Gasteiger partial charge in [-0.3, -0.25) is 5.21 Å². The Labute approximate surface area is 120 Å². The third-order valence-corrected chi connectivity index (χ3v) is 4.63. The monoisotopic (exact) mass is 286 g/mol. The lowest BCUT2D eigenvalue weighted by Crippen LogP contribution is -2.34. The predicted octanol–water partition coefficient (Wildman–Crippen LogP) is 3.89. The minimum absolute atomic E-state index is 0.476. The summed E-state index contributed by atoms with van der Waals surface area (Å²) in [6.07, 6.45) is 0. The highest BCUT2D eigenvalue weighted by molar-refractivity contribution is 7.25. The molecule has 102 valence electrons. The number of hydroxylamine groups is 2. The Morgan fingerprint density at radius 2 is 1.90 bits per heavy atom. The molecule has 0 aliphatic heterocycles. The van der Waals surface area contributed by atoms with Gasteiger partial charge in [-0.2, -0.15) is 5.06 Å². The van der Waals surface area contributed by atoms with E-state index >= 15 is 0 Å². The topological polar surface area (TPSA) is 66.6 Å². The van der Waals surface area contributed by atoms with Gasteiger partial charge in [0.05, 0.1) is 6.04 Å². The van der Waals surface area contributed by atoms with E-state index in [1.54, 1.807) is 18.3 Å². The van der Waals surface area contributed by atoms with Gasteiger partial charge < -0.3 is 5.73 Å². The standard InChI is InChI=1S/C15H14N2O2S/c1-9(17(19)15(16)18)10-6-7-14-12(8-10)11-4-2-3-5-13(11)20-14/h2-9,19H,1H3,(H2,16,18). The number of fused-ring (bicyclic) bond motifs is 3. The zero-order valence-corrected chi connectivity index (χ0v) is 11.7. The van der Waals surface area contributed by atoms with Gasteiger partial charge in [-0.25, -0.2) is 4.79 Å². The van der Waals surface area contributed by atoms with Crippen LogP contribution in [-0.4, -0.2) is 16.3 Å². The first-order chi connectivity index (χ1) is 9.58. The molecule has 0 spiro atoms. The smallest absolute Gasteiger partial charge is 0.339 e. The highest BCUT2D eigenvalue weighted by atomic mass is 32.1. The number of rotatable bonds is 2. The average Bonchev–Trinajstić information content (AvgIpc) is 2.83. The maximum absolute atomic E-state index is 11.0. The lowest BCUT2D eigenvalue weighted by atomic mass is 10.0. The number of nitrogens with two attached hydrogens (primary N) is 1. The number of carbonyl (C=O) groups excluding carboxylic acids is 1. The highest BCUT2D eigenvalue weighted by Crippen LogP contribution is 2.35. The summed E-state index contributed by atoms with van der Waals surface area (Å²) in [6, 6.07) is 12.8. The predicted molar refractivity (Wildman–Crippen MR) is 81.0 cm³/mol. The molecule has 4 nitrogen and oxygen atoms in total. The third-order valence-electron chi connectivity index (χ3n) is 3.48. The van der Waals surface area contributed by atoms with Gasteiger partial charge in [0.15, 0.2) is 0 Å². The molecular weight excluding hydrogens is 272 g/mol. The van der Waals surface area contributed by atoms with Crippen molar-refractivity contribution in [3.8, 4) is 0 Å². The van der Waals surface area contributed by atoms with Crippen LogP contribution < -0.4 is 5.73 Å². The molecule has 3 N–H and O–H groups in total. The van der Waals surface area contributed by atoms with E-state index in [9.17, 15) is 10.0 Å². The van der Waals surface area contributed by atoms with Gasteiger partial charge in [0.1, 0.15) is 0 Å². The molecule has 1 aromatic heterocycles. The first-order valence-corrected chi connectivity index (χ1v) is 7.08. The molecule has 0 aliphatic carbocycles. The summed E-state index contributed by atoms with van der Waals surface area (Å²) in [5.41, 5.74) is 5.95. The van der Waals surface area contributed by atoms with Crippen LogP contribution in [-0.2, 0) is 0 Å². The Bertz CT molecular complexity index is 797. The molecule has 1 heterocycles. The summed E-state index contributed by atoms with van der Waals surface area (Å²) < 4.78 is 2.41. The van der Waals surface area contributed by atoms with Crippen molar-refractivity contribution < 1.29 is 10.0 Å². The summed E-state index contributed by atoms with van der Waals surface area (Å²) in [4.78, 5) is 11.0. The number of amides is 2. The van der Waals surface area contributed by atoms with Crippen LogP contribution in [0, 0.1) is 0 Å². The second kappa shape index (κ2) is 4.77. The molecule has 2 amide bonds. The Morgan fingerprint density at radius 1 is 1.20 bits per heavy atom. The first kappa shape index (κ1) is 12.9. The van der Waals surface area contributed by atoms with Crippen molar-refractivity contribution in [3.05, 3.63) is 48.0 Å². The molecule has 1 atom stereocenters. The summed E-state index contributed by atoms with van der Waals surface area (Å²) in [5.74, 6) is 0. The molecule has 2 aromatic carbocycles. The van der Waals surface area contributed by atoms with Crippen LogP contribution in [0.4, 0.5) is 4.79 Å². The van der Waals surface area contributed by atoms with Crippen LogP contribution in [0.15, 0.2) is 42.5 Å². The van der Waals surface area contributed by atoms with Gasteiger partial charge in [-0.1, -0.05) is 24.3 Å². The molecule has 0 fully saturated rings. The van der Waals surface area contributed by atoms with E-state index < -0.39 is 12.1 Å². The van der Waals surface area contributed by atoms with Crippen LogP contribution in [0.25, 0.3) is 20.2 Å². The van der Waals surface area contributed by atoms with E-state index in [0.29, 0.717) is 5.06 Å². The Hall–Kier alpha value is -2.11. The lowest BCUT2D eigenvalue weighted by Gasteiger charge is -2.20. The van der Waals surface area contributed by atoms with Crippen molar-refractivity contribution in [2.75, 3.05) is 0 Å². The van der Waals surface area contributed by atoms with E-state index in [4.69, 9.17) is 5.73 Å². The van der Waals surface area contributed by atoms with Crippen LogP contribution in [0.2, 0.25) is 0 Å². The number of hydrogen-bond acceptors (Lipinski definition) is 3. The average molecular weight is 286 g/mol. The number of hydrogen-bond donors (Lipinski definition) is 2. The number of carbonyl (C=O) groups is 1. The number of urea groups is 1. The number of primary amides is 1. The van der Waals surface area contributed by atoms with Crippen LogP contribution in [0.1, 0.15) is 18.5 Å². The largest absolute Gasteiger partial charge is 0.350 e. The maximum Gasteiger partial charge on any atom is 0.339 e. The molecule has 0 aliphatic rings. The zero-order valence-electron chi connectivity index (χ0n) is 10.9. The van der Waals surface area contributed by atoms with Gasteiger partial charge in [0.2, 0.25) is 0 Å². The minimum atomic E-state index is -0.854. The normalized spacial score (nSPS) is 12.7. The van der Waals surface area contributed by atoms with Gasteiger partial charge in [0, 0.05) is 20.2 Å². The lowest BCUT2D eigenvalue weighted by molar-refractivity contribution is -0.0709. The second-order valence-corrected chi connectivity index (χ2v) is 5.80. The molecule has 0 bridgehead atoms. The fourth-order valence-electron chi connectivity index (χ4n) is 2.34. The van der Waals surface area contributed by atoms with E-state index in [1.807, 2.05) is 30.3 Å². The van der Waals surface area contributed by atoms with Crippen molar-refractivity contribution >= 4 is 37.5 Å². The van der Waals surface area contributed by atoms with E-state index in [2.05, 4.69) is 12.1 Å². The van der Waals surface area contributed by atoms with Crippen molar-refractivity contribution in [3.63, 3.8) is 0 Å². The van der Waals surface area contributed by atoms with Crippen LogP contribution in [0.5, 0.6) is 0 Å². The van der Waals surface area contributed by atoms with Gasteiger partial charge >= 0.3 is 6.03 Å². The SMILES string of the molecule is CC(c1ccc2sc3ccccc3c2c1)N(O)C(N)=O. The molecule has 3 rings (SSSR count). The third kappa shape index (κ3) is 2.01. The second-order valence-electron chi connectivity index (χ2n) is 4.71. The zero-order chi connectivity index (χ0) is 14.3. The molecular formula is C15H14N2O2S. The van der Waals surface area contributed by atoms with Gasteiger partial charge in [0.25, 0.3) is 0 Å². The Balaban J connectivity index is 2.14. The Morgan fingerprint density at radius 3 is 2.65 bits per heavy atom. The van der Waals surface area contributed by atoms with Gasteiger partial charge in [-0.05, 0) is 30.7 Å². The molecule has 5 heteroatoms. The number of nitrogens with zero attached hydrogens (tertiary/aromatic N) is 1. The first-order valence-electron chi connectivity index (χ1n) is 6.26. The van der Waals surface area contributed by atoms with E-state index in [0.717, 1.165) is 10.9 Å². The van der Waals surface area contributed by atoms with E-state index in [-0.39, 0.29) is 0 Å². The van der Waals surface area contributed by atoms with Gasteiger partial charge in [-0.15, -0.1) is 11.3 Å². The maximum atomic E-state index is 11.0. The minimum Gasteiger partial charge on any atom is -0.350 e. The van der Waals surface area contributed by atoms with Crippen molar-refractivity contribution in [2.45, 2.75) is 13.0 Å². The number of thiophene rings is 1. The van der Waals surface area contributed by atoms with Crippen molar-refractivity contribution in [1.82, 2.24) is 5.06 Å². The summed E-state index contributed by atoms with van der Waals surface area (Å²) in [7, 11) is 0. The molecule has 20 heavy (non-hydrogen) atoms. The van der Waals surface area contributed by atoms with E-state index in [1.165, 1.54) is 14.8 Å². The van der Waals surface area contributed by atoms with Crippen LogP contribution >= 0.6 is 11.3 Å². The quantitative estimate of drug-likeness (QED) is 0.554. The fourth-order valence-corrected chi connectivity index (χ4v) is 3.42. The summed E-state index contributed by atoms with van der Waals surface area (Å²) >= 11 is 1.73. The van der Waals surface area contributed by atoms with Crippen molar-refractivity contribution in [2.24, 2.45) is 5.73 Å².